The van der Waals surface area contributed by atoms with Gasteiger partial charge >= 0.3 is 5.97 Å². The second-order valence-electron chi connectivity index (χ2n) is 5.80. The van der Waals surface area contributed by atoms with Gasteiger partial charge in [-0.25, -0.2) is 4.79 Å². The molecule has 0 radical (unpaired) electrons. The van der Waals surface area contributed by atoms with Crippen LogP contribution >= 0.6 is 11.6 Å². The van der Waals surface area contributed by atoms with E-state index in [-0.39, 0.29) is 5.56 Å². The highest BCUT2D eigenvalue weighted by atomic mass is 35.5. The van der Waals surface area contributed by atoms with Crippen molar-refractivity contribution >= 4 is 23.3 Å². The average Bonchev–Trinajstić information content (AvgIpc) is 2.66. The molecule has 0 saturated heterocycles. The molecule has 0 spiro atoms. The molecule has 26 heavy (non-hydrogen) atoms. The van der Waals surface area contributed by atoms with Crippen molar-refractivity contribution < 1.29 is 14.6 Å². The van der Waals surface area contributed by atoms with Crippen LogP contribution in [0.4, 0.5) is 5.69 Å². The quantitative estimate of drug-likeness (QED) is 0.600. The van der Waals surface area contributed by atoms with Gasteiger partial charge in [0, 0.05) is 17.3 Å². The Morgan fingerprint density at radius 3 is 2.50 bits per heavy atom. The first-order valence-corrected chi connectivity index (χ1v) is 8.51. The van der Waals surface area contributed by atoms with Crippen LogP contribution < -0.4 is 10.1 Å². The third-order valence-corrected chi connectivity index (χ3v) is 4.08. The van der Waals surface area contributed by atoms with Crippen molar-refractivity contribution in [3.8, 4) is 5.75 Å². The SMILES string of the molecule is O=C(O)c1cccc(NCc2cccc(OCc3ccc(Cl)cc3)c2)c1. The van der Waals surface area contributed by atoms with Gasteiger partial charge in [-0.2, -0.15) is 0 Å². The summed E-state index contributed by atoms with van der Waals surface area (Å²) in [5, 5.41) is 13.0. The van der Waals surface area contributed by atoms with Gasteiger partial charge < -0.3 is 15.2 Å². The summed E-state index contributed by atoms with van der Waals surface area (Å²) >= 11 is 5.88. The van der Waals surface area contributed by atoms with E-state index in [0.29, 0.717) is 18.2 Å². The number of carboxylic acids is 1. The Hall–Kier alpha value is -2.98. The summed E-state index contributed by atoms with van der Waals surface area (Å²) in [6.07, 6.45) is 0. The fourth-order valence-corrected chi connectivity index (χ4v) is 2.58. The number of carboxylic acid groups (broad SMARTS) is 1. The Morgan fingerprint density at radius 2 is 1.73 bits per heavy atom. The molecule has 0 saturated carbocycles. The molecule has 132 valence electrons. The van der Waals surface area contributed by atoms with Crippen LogP contribution in [0.1, 0.15) is 21.5 Å². The number of aromatic carboxylic acids is 1. The van der Waals surface area contributed by atoms with E-state index in [4.69, 9.17) is 21.4 Å². The first kappa shape index (κ1) is 17.8. The summed E-state index contributed by atoms with van der Waals surface area (Å²) in [5.41, 5.74) is 3.11. The molecule has 0 fully saturated rings. The molecule has 0 aliphatic carbocycles. The van der Waals surface area contributed by atoms with Crippen LogP contribution in [0.15, 0.2) is 72.8 Å². The first-order chi connectivity index (χ1) is 12.6. The fraction of sp³-hybridized carbons (Fsp3) is 0.0952. The maximum Gasteiger partial charge on any atom is 0.335 e. The lowest BCUT2D eigenvalue weighted by Gasteiger charge is -2.10. The number of nitrogens with one attached hydrogen (secondary N) is 1. The highest BCUT2D eigenvalue weighted by Gasteiger charge is 2.03. The lowest BCUT2D eigenvalue weighted by atomic mass is 10.2. The minimum Gasteiger partial charge on any atom is -0.489 e. The average molecular weight is 368 g/mol. The van der Waals surface area contributed by atoms with Gasteiger partial charge in [0.15, 0.2) is 0 Å². The van der Waals surface area contributed by atoms with E-state index < -0.39 is 5.97 Å². The Kier molecular flexibility index (Phi) is 5.77. The molecule has 0 aliphatic rings. The summed E-state index contributed by atoms with van der Waals surface area (Å²) in [4.78, 5) is 11.0. The highest BCUT2D eigenvalue weighted by molar-refractivity contribution is 6.30. The zero-order valence-corrected chi connectivity index (χ0v) is 14.7. The summed E-state index contributed by atoms with van der Waals surface area (Å²) in [6.45, 7) is 1.04. The summed E-state index contributed by atoms with van der Waals surface area (Å²) in [6, 6.07) is 22.1. The molecule has 0 heterocycles. The maximum atomic E-state index is 11.0. The van der Waals surface area contributed by atoms with Crippen molar-refractivity contribution in [2.75, 3.05) is 5.32 Å². The van der Waals surface area contributed by atoms with E-state index in [1.165, 1.54) is 0 Å². The molecule has 0 aromatic heterocycles. The molecule has 0 atom stereocenters. The molecule has 5 heteroatoms. The Balaban J connectivity index is 1.59. The van der Waals surface area contributed by atoms with Crippen molar-refractivity contribution in [3.05, 3.63) is 94.5 Å². The second-order valence-corrected chi connectivity index (χ2v) is 6.24. The van der Waals surface area contributed by atoms with Crippen LogP contribution in [0, 0.1) is 0 Å². The molecular weight excluding hydrogens is 350 g/mol. The van der Waals surface area contributed by atoms with Gasteiger partial charge in [-0.3, -0.25) is 0 Å². The lowest BCUT2D eigenvalue weighted by molar-refractivity contribution is 0.0697. The zero-order chi connectivity index (χ0) is 18.4. The molecule has 3 aromatic rings. The number of halogens is 1. The van der Waals surface area contributed by atoms with Crippen LogP contribution in [-0.2, 0) is 13.2 Å². The standard InChI is InChI=1S/C21H18ClNO3/c22-18-9-7-15(8-10-18)14-26-20-6-1-3-16(11-20)13-23-19-5-2-4-17(12-19)21(24)25/h1-12,23H,13-14H2,(H,24,25). The van der Waals surface area contributed by atoms with Crippen LogP contribution in [0.5, 0.6) is 5.75 Å². The predicted molar refractivity (Wildman–Crippen MR) is 103 cm³/mol. The van der Waals surface area contributed by atoms with Crippen molar-refractivity contribution in [3.63, 3.8) is 0 Å². The van der Waals surface area contributed by atoms with Crippen LogP contribution in [0.25, 0.3) is 0 Å². The minimum atomic E-state index is -0.939. The largest absolute Gasteiger partial charge is 0.489 e. The van der Waals surface area contributed by atoms with Gasteiger partial charge in [0.1, 0.15) is 12.4 Å². The smallest absolute Gasteiger partial charge is 0.335 e. The lowest BCUT2D eigenvalue weighted by Crippen LogP contribution is -2.02. The number of benzene rings is 3. The third-order valence-electron chi connectivity index (χ3n) is 3.82. The molecule has 3 rings (SSSR count). The molecule has 3 aromatic carbocycles. The van der Waals surface area contributed by atoms with Gasteiger partial charge in [0.05, 0.1) is 5.56 Å². The molecular formula is C21H18ClNO3. The number of anilines is 1. The van der Waals surface area contributed by atoms with Gasteiger partial charge in [0.25, 0.3) is 0 Å². The molecule has 0 aliphatic heterocycles. The maximum absolute atomic E-state index is 11.0. The topological polar surface area (TPSA) is 58.6 Å². The van der Waals surface area contributed by atoms with Crippen LogP contribution in [0.2, 0.25) is 5.02 Å². The van der Waals surface area contributed by atoms with E-state index in [0.717, 1.165) is 22.6 Å². The van der Waals surface area contributed by atoms with Crippen molar-refractivity contribution in [2.24, 2.45) is 0 Å². The number of carbonyl (C=O) groups is 1. The number of hydrogen-bond donors (Lipinski definition) is 2. The van der Waals surface area contributed by atoms with E-state index in [9.17, 15) is 4.79 Å². The summed E-state index contributed by atoms with van der Waals surface area (Å²) in [5.74, 6) is -0.162. The van der Waals surface area contributed by atoms with Gasteiger partial charge in [-0.1, -0.05) is 41.9 Å². The van der Waals surface area contributed by atoms with Crippen LogP contribution in [-0.4, -0.2) is 11.1 Å². The second kappa shape index (κ2) is 8.41. The van der Waals surface area contributed by atoms with Crippen molar-refractivity contribution in [2.45, 2.75) is 13.2 Å². The highest BCUT2D eigenvalue weighted by Crippen LogP contribution is 2.18. The molecule has 0 amide bonds. The van der Waals surface area contributed by atoms with Gasteiger partial charge in [0.2, 0.25) is 0 Å². The van der Waals surface area contributed by atoms with Crippen molar-refractivity contribution in [1.29, 1.82) is 0 Å². The first-order valence-electron chi connectivity index (χ1n) is 8.13. The van der Waals surface area contributed by atoms with Crippen molar-refractivity contribution in [1.82, 2.24) is 0 Å². The number of rotatable bonds is 7. The predicted octanol–water partition coefficient (Wildman–Crippen LogP) is 5.23. The minimum absolute atomic E-state index is 0.259. The monoisotopic (exact) mass is 367 g/mol. The molecule has 0 unspecified atom stereocenters. The fourth-order valence-electron chi connectivity index (χ4n) is 2.46. The Labute approximate surface area is 157 Å². The Bertz CT molecular complexity index is 894. The number of hydrogen-bond acceptors (Lipinski definition) is 3. The van der Waals surface area contributed by atoms with Gasteiger partial charge in [-0.15, -0.1) is 0 Å². The van der Waals surface area contributed by atoms with E-state index in [2.05, 4.69) is 5.32 Å². The zero-order valence-electron chi connectivity index (χ0n) is 14.0. The Morgan fingerprint density at radius 1 is 0.962 bits per heavy atom. The molecule has 4 nitrogen and oxygen atoms in total. The van der Waals surface area contributed by atoms with Crippen LogP contribution in [0.3, 0.4) is 0 Å². The molecule has 2 N–H and O–H groups in total. The van der Waals surface area contributed by atoms with E-state index >= 15 is 0 Å². The molecule has 0 bridgehead atoms. The third kappa shape index (κ3) is 5.01. The summed E-state index contributed by atoms with van der Waals surface area (Å²) in [7, 11) is 0. The van der Waals surface area contributed by atoms with E-state index in [1.54, 1.807) is 18.2 Å². The summed E-state index contributed by atoms with van der Waals surface area (Å²) < 4.78 is 5.83. The van der Waals surface area contributed by atoms with Gasteiger partial charge in [-0.05, 0) is 53.6 Å². The normalized spacial score (nSPS) is 10.3. The van der Waals surface area contributed by atoms with E-state index in [1.807, 2.05) is 54.6 Å². The number of ether oxygens (including phenoxy) is 1.